The largest absolute Gasteiger partial charge is 0.392 e. The number of carbonyl (C=O) groups excluding carboxylic acids is 1. The van der Waals surface area contributed by atoms with Crippen LogP contribution in [0.2, 0.25) is 0 Å². The minimum Gasteiger partial charge on any atom is -0.392 e. The molecule has 0 aliphatic rings. The van der Waals surface area contributed by atoms with Gasteiger partial charge in [-0.1, -0.05) is 0 Å². The highest BCUT2D eigenvalue weighted by Crippen LogP contribution is 2.04. The third-order valence-corrected chi connectivity index (χ3v) is 2.02. The Bertz CT molecular complexity index is 244. The molecule has 1 amide bonds. The molecule has 1 atom stereocenters. The van der Waals surface area contributed by atoms with Crippen LogP contribution in [0.4, 0.5) is 0 Å². The molecule has 12 heavy (non-hydrogen) atoms. The van der Waals surface area contributed by atoms with Crippen molar-refractivity contribution < 1.29 is 9.90 Å². The molecule has 66 valence electrons. The summed E-state index contributed by atoms with van der Waals surface area (Å²) >= 11 is 1.48. The van der Waals surface area contributed by atoms with E-state index in [9.17, 15) is 4.79 Å². The molecule has 1 aromatic rings. The summed E-state index contributed by atoms with van der Waals surface area (Å²) in [4.78, 5) is 11.2. The first kappa shape index (κ1) is 9.22. The van der Waals surface area contributed by atoms with Gasteiger partial charge in [0.1, 0.15) is 0 Å². The Morgan fingerprint density at radius 1 is 1.83 bits per heavy atom. The van der Waals surface area contributed by atoms with Crippen molar-refractivity contribution in [3.05, 3.63) is 22.4 Å². The molecule has 0 fully saturated rings. The molecule has 0 aliphatic carbocycles. The molecular weight excluding hydrogens is 174 g/mol. The van der Waals surface area contributed by atoms with E-state index in [0.717, 1.165) is 0 Å². The van der Waals surface area contributed by atoms with Gasteiger partial charge in [0, 0.05) is 17.5 Å². The van der Waals surface area contributed by atoms with Gasteiger partial charge in [0.15, 0.2) is 0 Å². The zero-order valence-corrected chi connectivity index (χ0v) is 7.60. The quantitative estimate of drug-likeness (QED) is 0.733. The van der Waals surface area contributed by atoms with E-state index in [2.05, 4.69) is 5.32 Å². The second-order valence-corrected chi connectivity index (χ2v) is 3.35. The molecule has 4 heteroatoms. The first-order chi connectivity index (χ1) is 5.70. The number of hydrogen-bond acceptors (Lipinski definition) is 3. The fraction of sp³-hybridized carbons (Fsp3) is 0.375. The van der Waals surface area contributed by atoms with Gasteiger partial charge in [-0.2, -0.15) is 11.3 Å². The molecule has 1 heterocycles. The molecule has 0 radical (unpaired) electrons. The molecule has 0 saturated heterocycles. The topological polar surface area (TPSA) is 49.3 Å². The first-order valence-corrected chi connectivity index (χ1v) is 4.63. The summed E-state index contributed by atoms with van der Waals surface area (Å²) in [5, 5.41) is 15.1. The van der Waals surface area contributed by atoms with Crippen LogP contribution in [-0.4, -0.2) is 23.7 Å². The van der Waals surface area contributed by atoms with Gasteiger partial charge in [-0.3, -0.25) is 4.79 Å². The van der Waals surface area contributed by atoms with E-state index in [-0.39, 0.29) is 5.91 Å². The van der Waals surface area contributed by atoms with E-state index in [1.165, 1.54) is 11.3 Å². The molecule has 0 saturated carbocycles. The number of aliphatic hydroxyl groups excluding tert-OH is 1. The third kappa shape index (κ3) is 2.64. The predicted octanol–water partition coefficient (Wildman–Crippen LogP) is 0.859. The van der Waals surface area contributed by atoms with E-state index >= 15 is 0 Å². The van der Waals surface area contributed by atoms with Gasteiger partial charge in [-0.25, -0.2) is 0 Å². The number of aliphatic hydroxyl groups is 1. The van der Waals surface area contributed by atoms with E-state index in [4.69, 9.17) is 5.11 Å². The van der Waals surface area contributed by atoms with Gasteiger partial charge in [-0.15, -0.1) is 0 Å². The summed E-state index contributed by atoms with van der Waals surface area (Å²) in [5.41, 5.74) is 0.653. The van der Waals surface area contributed by atoms with Crippen LogP contribution in [0.25, 0.3) is 0 Å². The van der Waals surface area contributed by atoms with Crippen molar-refractivity contribution in [2.45, 2.75) is 13.0 Å². The molecule has 3 nitrogen and oxygen atoms in total. The van der Waals surface area contributed by atoms with Crippen molar-refractivity contribution >= 4 is 17.2 Å². The maximum absolute atomic E-state index is 11.2. The number of thiophene rings is 1. The lowest BCUT2D eigenvalue weighted by Gasteiger charge is -2.04. The fourth-order valence-corrected chi connectivity index (χ4v) is 1.37. The summed E-state index contributed by atoms with van der Waals surface area (Å²) in [5.74, 6) is -0.128. The maximum atomic E-state index is 11.2. The zero-order valence-electron chi connectivity index (χ0n) is 6.78. The molecule has 1 aromatic heterocycles. The highest BCUT2D eigenvalue weighted by Gasteiger charge is 2.05. The van der Waals surface area contributed by atoms with Crippen LogP contribution in [0, 0.1) is 0 Å². The number of rotatable bonds is 3. The Balaban J connectivity index is 2.40. The molecule has 1 rings (SSSR count). The van der Waals surface area contributed by atoms with E-state index < -0.39 is 6.10 Å². The summed E-state index contributed by atoms with van der Waals surface area (Å²) < 4.78 is 0. The van der Waals surface area contributed by atoms with Gasteiger partial charge in [0.2, 0.25) is 0 Å². The predicted molar refractivity (Wildman–Crippen MR) is 48.3 cm³/mol. The van der Waals surface area contributed by atoms with Crippen molar-refractivity contribution in [3.8, 4) is 0 Å². The summed E-state index contributed by atoms with van der Waals surface area (Å²) in [7, 11) is 0. The average Bonchev–Trinajstić information content (AvgIpc) is 2.51. The average molecular weight is 185 g/mol. The lowest BCUT2D eigenvalue weighted by Crippen LogP contribution is -2.30. The van der Waals surface area contributed by atoms with Gasteiger partial charge in [0.25, 0.3) is 5.91 Å². The lowest BCUT2D eigenvalue weighted by molar-refractivity contribution is 0.0924. The van der Waals surface area contributed by atoms with Gasteiger partial charge < -0.3 is 10.4 Å². The number of carbonyl (C=O) groups is 1. The SMILES string of the molecule is CC(O)CNC(=O)c1ccsc1. The number of amides is 1. The third-order valence-electron chi connectivity index (χ3n) is 1.34. The minimum absolute atomic E-state index is 0.128. The van der Waals surface area contributed by atoms with Crippen LogP contribution in [0.15, 0.2) is 16.8 Å². The van der Waals surface area contributed by atoms with Gasteiger partial charge >= 0.3 is 0 Å². The Labute approximate surface area is 75.0 Å². The Kier molecular flexibility index (Phi) is 3.25. The van der Waals surface area contributed by atoms with Crippen LogP contribution >= 0.6 is 11.3 Å². The van der Waals surface area contributed by atoms with Crippen LogP contribution in [-0.2, 0) is 0 Å². The number of nitrogens with one attached hydrogen (secondary N) is 1. The molecule has 2 N–H and O–H groups in total. The van der Waals surface area contributed by atoms with Crippen molar-refractivity contribution in [1.82, 2.24) is 5.32 Å². The minimum atomic E-state index is -0.493. The van der Waals surface area contributed by atoms with E-state index in [1.54, 1.807) is 18.4 Å². The van der Waals surface area contributed by atoms with Crippen LogP contribution in [0.5, 0.6) is 0 Å². The highest BCUT2D eigenvalue weighted by atomic mass is 32.1. The lowest BCUT2D eigenvalue weighted by atomic mass is 10.3. The molecule has 1 unspecified atom stereocenters. The van der Waals surface area contributed by atoms with Crippen molar-refractivity contribution in [3.63, 3.8) is 0 Å². The second-order valence-electron chi connectivity index (χ2n) is 2.57. The fourth-order valence-electron chi connectivity index (χ4n) is 0.736. The Morgan fingerprint density at radius 2 is 2.58 bits per heavy atom. The summed E-state index contributed by atoms with van der Waals surface area (Å²) in [6, 6.07) is 1.75. The monoisotopic (exact) mass is 185 g/mol. The van der Waals surface area contributed by atoms with Crippen LogP contribution in [0.3, 0.4) is 0 Å². The molecule has 0 aliphatic heterocycles. The molecule has 0 aromatic carbocycles. The van der Waals surface area contributed by atoms with E-state index in [0.29, 0.717) is 12.1 Å². The summed E-state index contributed by atoms with van der Waals surface area (Å²) in [6.45, 7) is 1.93. The maximum Gasteiger partial charge on any atom is 0.252 e. The van der Waals surface area contributed by atoms with Crippen molar-refractivity contribution in [2.75, 3.05) is 6.54 Å². The Hall–Kier alpha value is -0.870. The van der Waals surface area contributed by atoms with Gasteiger partial charge in [0.05, 0.1) is 6.10 Å². The normalized spacial score (nSPS) is 12.5. The first-order valence-electron chi connectivity index (χ1n) is 3.68. The highest BCUT2D eigenvalue weighted by molar-refractivity contribution is 7.08. The van der Waals surface area contributed by atoms with Gasteiger partial charge in [-0.05, 0) is 18.4 Å². The van der Waals surface area contributed by atoms with Crippen molar-refractivity contribution in [1.29, 1.82) is 0 Å². The molecular formula is C8H11NO2S. The smallest absolute Gasteiger partial charge is 0.252 e. The summed E-state index contributed by atoms with van der Waals surface area (Å²) in [6.07, 6.45) is -0.493. The standard InChI is InChI=1S/C8H11NO2S/c1-6(10)4-9-8(11)7-2-3-12-5-7/h2-3,5-6,10H,4H2,1H3,(H,9,11). The van der Waals surface area contributed by atoms with Crippen LogP contribution in [0.1, 0.15) is 17.3 Å². The molecule has 0 spiro atoms. The van der Waals surface area contributed by atoms with Crippen LogP contribution < -0.4 is 5.32 Å². The zero-order chi connectivity index (χ0) is 8.97. The second kappa shape index (κ2) is 4.23. The number of hydrogen-bond donors (Lipinski definition) is 2. The Morgan fingerprint density at radius 3 is 3.08 bits per heavy atom. The molecule has 0 bridgehead atoms. The van der Waals surface area contributed by atoms with E-state index in [1.807, 2.05) is 5.38 Å². The van der Waals surface area contributed by atoms with Crippen molar-refractivity contribution in [2.24, 2.45) is 0 Å².